The molecule has 3 heterocycles. The lowest BCUT2D eigenvalue weighted by molar-refractivity contribution is 0.0544. The maximum Gasteiger partial charge on any atom is 0.407 e. The van der Waals surface area contributed by atoms with Crippen LogP contribution in [-0.2, 0) is 0 Å². The average molecular weight is 302 g/mol. The molecule has 0 aromatic carbocycles. The van der Waals surface area contributed by atoms with Crippen LogP contribution in [-0.4, -0.2) is 55.6 Å². The third-order valence-corrected chi connectivity index (χ3v) is 4.09. The number of carboxylic acid groups (broad SMARTS) is 1. The summed E-state index contributed by atoms with van der Waals surface area (Å²) >= 11 is 5.53. The van der Waals surface area contributed by atoms with Crippen LogP contribution in [0.3, 0.4) is 0 Å². The van der Waals surface area contributed by atoms with Crippen LogP contribution >= 0.6 is 11.6 Å². The van der Waals surface area contributed by atoms with Gasteiger partial charge in [0.25, 0.3) is 0 Å². The minimum Gasteiger partial charge on any atom is -0.465 e. The molecule has 2 aliphatic heterocycles. The Labute approximate surface area is 119 Å². The molecule has 2 fully saturated rings. The number of aromatic nitrogens is 3. The molecule has 0 spiro atoms. The van der Waals surface area contributed by atoms with Gasteiger partial charge in [0.15, 0.2) is 5.82 Å². The van der Waals surface area contributed by atoms with Crippen molar-refractivity contribution in [2.45, 2.75) is 43.6 Å². The summed E-state index contributed by atoms with van der Waals surface area (Å²) in [5.41, 5.74) is 0. The second-order valence-corrected chi connectivity index (χ2v) is 5.37. The predicted octanol–water partition coefficient (Wildman–Crippen LogP) is 1.56. The molecule has 0 saturated carbocycles. The van der Waals surface area contributed by atoms with E-state index in [2.05, 4.69) is 20.5 Å². The molecule has 0 radical (unpaired) electrons. The first-order chi connectivity index (χ1) is 9.56. The summed E-state index contributed by atoms with van der Waals surface area (Å²) in [5.74, 6) is 0.338. The molecule has 2 N–H and O–H groups in total. The zero-order valence-corrected chi connectivity index (χ0v) is 11.2. The molecule has 0 aliphatic carbocycles. The van der Waals surface area contributed by atoms with Gasteiger partial charge in [0.2, 0.25) is 5.28 Å². The molecule has 2 bridgehead atoms. The van der Waals surface area contributed by atoms with E-state index < -0.39 is 24.3 Å². The lowest BCUT2D eigenvalue weighted by atomic mass is 9.96. The number of amides is 1. The molecule has 108 valence electrons. The Morgan fingerprint density at radius 2 is 2.30 bits per heavy atom. The number of piperidine rings is 1. The molecule has 1 aromatic heterocycles. The highest BCUT2D eigenvalue weighted by atomic mass is 35.5. The van der Waals surface area contributed by atoms with E-state index in [1.165, 1.54) is 11.1 Å². The van der Waals surface area contributed by atoms with Crippen LogP contribution in [0.2, 0.25) is 5.28 Å². The molecular weight excluding hydrogens is 289 g/mol. The van der Waals surface area contributed by atoms with Crippen molar-refractivity contribution in [2.75, 3.05) is 5.32 Å². The number of anilines is 1. The summed E-state index contributed by atoms with van der Waals surface area (Å²) in [6, 6.07) is -1.22. The number of nitrogens with one attached hydrogen (secondary N) is 1. The van der Waals surface area contributed by atoms with Gasteiger partial charge in [0.05, 0.1) is 18.3 Å². The number of hydrogen-bond donors (Lipinski definition) is 2. The van der Waals surface area contributed by atoms with Crippen LogP contribution < -0.4 is 5.32 Å². The van der Waals surface area contributed by atoms with E-state index >= 15 is 0 Å². The van der Waals surface area contributed by atoms with Crippen LogP contribution in [0.15, 0.2) is 6.20 Å². The second kappa shape index (κ2) is 5.01. The van der Waals surface area contributed by atoms with Crippen molar-refractivity contribution < 1.29 is 14.3 Å². The summed E-state index contributed by atoms with van der Waals surface area (Å²) in [5, 5.41) is 19.4. The molecular formula is C11H13ClFN5O2. The fourth-order valence-electron chi connectivity index (χ4n) is 3.10. The van der Waals surface area contributed by atoms with E-state index in [1.54, 1.807) is 0 Å². The summed E-state index contributed by atoms with van der Waals surface area (Å²) in [6.07, 6.45) is 0.719. The van der Waals surface area contributed by atoms with Gasteiger partial charge in [-0.25, -0.2) is 14.2 Å². The Balaban J connectivity index is 1.74. The molecule has 2 aliphatic rings. The summed E-state index contributed by atoms with van der Waals surface area (Å²) in [4.78, 5) is 16.2. The van der Waals surface area contributed by atoms with Gasteiger partial charge in [0.1, 0.15) is 6.17 Å². The Kier molecular flexibility index (Phi) is 3.33. The second-order valence-electron chi connectivity index (χ2n) is 5.03. The van der Waals surface area contributed by atoms with Crippen LogP contribution in [0.1, 0.15) is 19.3 Å². The Bertz CT molecular complexity index is 516. The van der Waals surface area contributed by atoms with Crippen LogP contribution in [0.5, 0.6) is 0 Å². The quantitative estimate of drug-likeness (QED) is 0.861. The molecule has 1 amide bonds. The first kappa shape index (κ1) is 13.3. The maximum absolute atomic E-state index is 14.5. The summed E-state index contributed by atoms with van der Waals surface area (Å²) in [7, 11) is 0. The topological polar surface area (TPSA) is 91.2 Å². The van der Waals surface area contributed by atoms with Crippen molar-refractivity contribution >= 4 is 23.5 Å². The van der Waals surface area contributed by atoms with Gasteiger partial charge in [-0.3, -0.25) is 4.90 Å². The van der Waals surface area contributed by atoms with Gasteiger partial charge < -0.3 is 10.4 Å². The van der Waals surface area contributed by atoms with Crippen LogP contribution in [0, 0.1) is 0 Å². The average Bonchev–Trinajstić information content (AvgIpc) is 2.77. The normalized spacial score (nSPS) is 32.2. The van der Waals surface area contributed by atoms with Crippen LogP contribution in [0.25, 0.3) is 0 Å². The van der Waals surface area contributed by atoms with Crippen molar-refractivity contribution in [2.24, 2.45) is 0 Å². The molecule has 4 atom stereocenters. The number of nitrogens with zero attached hydrogens (tertiary/aromatic N) is 4. The number of hydrogen-bond acceptors (Lipinski definition) is 5. The van der Waals surface area contributed by atoms with Gasteiger partial charge >= 0.3 is 6.09 Å². The minimum absolute atomic E-state index is 0.0214. The fraction of sp³-hybridized carbons (Fsp3) is 0.636. The molecule has 4 unspecified atom stereocenters. The Hall–Kier alpha value is -1.70. The first-order valence-corrected chi connectivity index (χ1v) is 6.71. The molecule has 20 heavy (non-hydrogen) atoms. The predicted molar refractivity (Wildman–Crippen MR) is 68.4 cm³/mol. The Morgan fingerprint density at radius 3 is 2.95 bits per heavy atom. The van der Waals surface area contributed by atoms with Gasteiger partial charge in [-0.1, -0.05) is 0 Å². The van der Waals surface area contributed by atoms with Crippen molar-refractivity contribution in [3.63, 3.8) is 0 Å². The zero-order valence-electron chi connectivity index (χ0n) is 10.4. The van der Waals surface area contributed by atoms with Crippen molar-refractivity contribution in [3.8, 4) is 0 Å². The van der Waals surface area contributed by atoms with Gasteiger partial charge in [0, 0.05) is 6.04 Å². The molecule has 2 saturated heterocycles. The number of rotatable bonds is 2. The van der Waals surface area contributed by atoms with E-state index in [4.69, 9.17) is 16.7 Å². The molecule has 3 rings (SSSR count). The lowest BCUT2D eigenvalue weighted by Crippen LogP contribution is -2.56. The smallest absolute Gasteiger partial charge is 0.407 e. The Morgan fingerprint density at radius 1 is 1.50 bits per heavy atom. The maximum atomic E-state index is 14.5. The summed E-state index contributed by atoms with van der Waals surface area (Å²) < 4.78 is 14.5. The number of alkyl halides is 1. The first-order valence-electron chi connectivity index (χ1n) is 6.33. The van der Waals surface area contributed by atoms with E-state index in [0.717, 1.165) is 0 Å². The number of carbonyl (C=O) groups is 1. The third kappa shape index (κ3) is 2.24. The van der Waals surface area contributed by atoms with Gasteiger partial charge in [-0.2, -0.15) is 0 Å². The van der Waals surface area contributed by atoms with Gasteiger partial charge in [-0.05, 0) is 30.9 Å². The third-order valence-electron chi connectivity index (χ3n) is 3.91. The van der Waals surface area contributed by atoms with Crippen LogP contribution in [0.4, 0.5) is 15.0 Å². The zero-order chi connectivity index (χ0) is 14.3. The largest absolute Gasteiger partial charge is 0.465 e. The highest BCUT2D eigenvalue weighted by Crippen LogP contribution is 2.38. The van der Waals surface area contributed by atoms with E-state index in [1.807, 2.05) is 0 Å². The monoisotopic (exact) mass is 301 g/mol. The van der Waals surface area contributed by atoms with Crippen molar-refractivity contribution in [1.82, 2.24) is 20.1 Å². The standard InChI is InChI=1S/C11H13ClFN5O2/c12-10-14-4-8(16-17-10)15-6-3-5-1-2-7(9(6)13)18(5)11(19)20/h4-7,9H,1-3H2,(H,15,16)(H,19,20). The molecule has 1 aromatic rings. The minimum atomic E-state index is -1.28. The number of fused-ring (bicyclic) bond motifs is 2. The highest BCUT2D eigenvalue weighted by Gasteiger charge is 2.50. The van der Waals surface area contributed by atoms with E-state index in [-0.39, 0.29) is 11.3 Å². The molecule has 7 nitrogen and oxygen atoms in total. The lowest BCUT2D eigenvalue weighted by Gasteiger charge is -2.39. The van der Waals surface area contributed by atoms with Gasteiger partial charge in [-0.15, -0.1) is 10.2 Å². The van der Waals surface area contributed by atoms with E-state index in [0.29, 0.717) is 25.1 Å². The fourth-order valence-corrected chi connectivity index (χ4v) is 3.19. The highest BCUT2D eigenvalue weighted by molar-refractivity contribution is 6.28. The summed E-state index contributed by atoms with van der Waals surface area (Å²) in [6.45, 7) is 0. The van der Waals surface area contributed by atoms with Crippen molar-refractivity contribution in [1.29, 1.82) is 0 Å². The van der Waals surface area contributed by atoms with Crippen molar-refractivity contribution in [3.05, 3.63) is 11.5 Å². The SMILES string of the molecule is O=C(O)N1C2CCC1C(F)C(Nc1cnc(Cl)nn1)C2. The number of halogens is 2. The molecule has 9 heteroatoms. The van der Waals surface area contributed by atoms with E-state index in [9.17, 15) is 9.18 Å².